The van der Waals surface area contributed by atoms with Crippen LogP contribution in [-0.2, 0) is 11.3 Å². The van der Waals surface area contributed by atoms with Gasteiger partial charge in [0.05, 0.1) is 5.02 Å². The largest absolute Gasteiger partial charge is 0.444 e. The molecule has 0 aromatic heterocycles. The second kappa shape index (κ2) is 8.50. The molecule has 0 spiro atoms. The van der Waals surface area contributed by atoms with Crippen molar-refractivity contribution in [3.05, 3.63) is 34.6 Å². The smallest absolute Gasteiger partial charge is 0.407 e. The number of alkyl carbamates (subject to hydrolysis) is 1. The summed E-state index contributed by atoms with van der Waals surface area (Å²) in [4.78, 5) is 11.9. The Morgan fingerprint density at radius 1 is 1.35 bits per heavy atom. The fraction of sp³-hybridized carbons (Fsp3) is 0.588. The average molecular weight is 345 g/mol. The molecule has 23 heavy (non-hydrogen) atoms. The van der Waals surface area contributed by atoms with E-state index in [-0.39, 0.29) is 17.0 Å². The summed E-state index contributed by atoms with van der Waals surface area (Å²) in [5, 5.41) is 6.22. The number of amides is 1. The summed E-state index contributed by atoms with van der Waals surface area (Å²) in [6.07, 6.45) is -0.428. The molecule has 1 unspecified atom stereocenters. The molecule has 0 heterocycles. The van der Waals surface area contributed by atoms with Gasteiger partial charge in [0.1, 0.15) is 11.4 Å². The molecule has 1 aromatic carbocycles. The number of carbonyl (C=O) groups excluding carboxylic acids is 1. The van der Waals surface area contributed by atoms with Crippen molar-refractivity contribution >= 4 is 17.7 Å². The number of nitrogens with one attached hydrogen (secondary N) is 2. The topological polar surface area (TPSA) is 50.4 Å². The third-order valence-corrected chi connectivity index (χ3v) is 3.47. The summed E-state index contributed by atoms with van der Waals surface area (Å²) >= 11 is 5.76. The van der Waals surface area contributed by atoms with E-state index in [0.717, 1.165) is 5.56 Å². The summed E-state index contributed by atoms with van der Waals surface area (Å²) in [6.45, 7) is 10.6. The van der Waals surface area contributed by atoms with E-state index in [4.69, 9.17) is 16.3 Å². The molecule has 0 aliphatic rings. The summed E-state index contributed by atoms with van der Waals surface area (Å²) in [5.41, 5.74) is 0.361. The highest BCUT2D eigenvalue weighted by molar-refractivity contribution is 6.30. The normalized spacial score (nSPS) is 13.0. The Morgan fingerprint density at radius 3 is 2.52 bits per heavy atom. The van der Waals surface area contributed by atoms with Crippen LogP contribution in [-0.4, -0.2) is 24.3 Å². The lowest BCUT2D eigenvalue weighted by Gasteiger charge is -2.26. The molecule has 0 aliphatic heterocycles. The SMILES string of the molecule is CC(C)C(CNCc1ccc(F)c(Cl)c1)NC(=O)OC(C)(C)C. The first-order valence-corrected chi connectivity index (χ1v) is 8.10. The quantitative estimate of drug-likeness (QED) is 0.816. The van der Waals surface area contributed by atoms with E-state index in [1.165, 1.54) is 6.07 Å². The fourth-order valence-corrected chi connectivity index (χ4v) is 2.14. The van der Waals surface area contributed by atoms with Gasteiger partial charge >= 0.3 is 6.09 Å². The van der Waals surface area contributed by atoms with Crippen LogP contribution < -0.4 is 10.6 Å². The zero-order valence-corrected chi connectivity index (χ0v) is 15.1. The van der Waals surface area contributed by atoms with Crippen molar-refractivity contribution in [3.8, 4) is 0 Å². The standard InChI is InChI=1S/C17H26ClFN2O2/c1-11(2)15(21-16(22)23-17(3,4)5)10-20-9-12-6-7-14(19)13(18)8-12/h6-8,11,15,20H,9-10H2,1-5H3,(H,21,22). The molecule has 1 rings (SSSR count). The molecule has 6 heteroatoms. The lowest BCUT2D eigenvalue weighted by molar-refractivity contribution is 0.0490. The molecule has 1 atom stereocenters. The molecular weight excluding hydrogens is 319 g/mol. The summed E-state index contributed by atoms with van der Waals surface area (Å²) < 4.78 is 18.4. The number of rotatable bonds is 6. The molecule has 0 saturated heterocycles. The molecule has 130 valence electrons. The second-order valence-corrected chi connectivity index (χ2v) is 7.28. The predicted molar refractivity (Wildman–Crippen MR) is 91.1 cm³/mol. The highest BCUT2D eigenvalue weighted by Crippen LogP contribution is 2.16. The van der Waals surface area contributed by atoms with Gasteiger partial charge in [0.25, 0.3) is 0 Å². The van der Waals surface area contributed by atoms with Crippen LogP contribution in [0, 0.1) is 11.7 Å². The van der Waals surface area contributed by atoms with E-state index in [9.17, 15) is 9.18 Å². The predicted octanol–water partition coefficient (Wildman–Crippen LogP) is 4.12. The van der Waals surface area contributed by atoms with Gasteiger partial charge in [-0.3, -0.25) is 0 Å². The molecule has 2 N–H and O–H groups in total. The molecule has 0 radical (unpaired) electrons. The number of carbonyl (C=O) groups is 1. The van der Waals surface area contributed by atoms with E-state index >= 15 is 0 Å². The van der Waals surface area contributed by atoms with Crippen LogP contribution in [0.25, 0.3) is 0 Å². The Kier molecular flexibility index (Phi) is 7.29. The minimum absolute atomic E-state index is 0.0687. The van der Waals surface area contributed by atoms with E-state index in [0.29, 0.717) is 13.1 Å². The van der Waals surface area contributed by atoms with Crippen LogP contribution in [0.15, 0.2) is 18.2 Å². The first-order valence-electron chi connectivity index (χ1n) is 7.72. The van der Waals surface area contributed by atoms with Crippen molar-refractivity contribution < 1.29 is 13.9 Å². The summed E-state index contributed by atoms with van der Waals surface area (Å²) in [7, 11) is 0. The van der Waals surface area contributed by atoms with Crippen molar-refractivity contribution in [3.63, 3.8) is 0 Å². The van der Waals surface area contributed by atoms with Crippen molar-refractivity contribution in [2.24, 2.45) is 5.92 Å². The minimum atomic E-state index is -0.524. The van der Waals surface area contributed by atoms with Crippen molar-refractivity contribution in [2.45, 2.75) is 52.8 Å². The average Bonchev–Trinajstić information content (AvgIpc) is 2.39. The third-order valence-electron chi connectivity index (χ3n) is 3.18. The minimum Gasteiger partial charge on any atom is -0.444 e. The van der Waals surface area contributed by atoms with Gasteiger partial charge < -0.3 is 15.4 Å². The fourth-order valence-electron chi connectivity index (χ4n) is 1.93. The van der Waals surface area contributed by atoms with Gasteiger partial charge in [-0.05, 0) is 44.4 Å². The molecule has 0 saturated carbocycles. The maximum Gasteiger partial charge on any atom is 0.407 e. The third kappa shape index (κ3) is 7.66. The molecular formula is C17H26ClFN2O2. The first kappa shape index (κ1) is 19.7. The van der Waals surface area contributed by atoms with E-state index < -0.39 is 17.5 Å². The van der Waals surface area contributed by atoms with Gasteiger partial charge in [-0.2, -0.15) is 0 Å². The van der Waals surface area contributed by atoms with E-state index in [1.807, 2.05) is 34.6 Å². The van der Waals surface area contributed by atoms with Crippen LogP contribution >= 0.6 is 11.6 Å². The van der Waals surface area contributed by atoms with Gasteiger partial charge in [-0.15, -0.1) is 0 Å². The second-order valence-electron chi connectivity index (χ2n) is 6.88. The molecule has 1 amide bonds. The maximum absolute atomic E-state index is 13.1. The van der Waals surface area contributed by atoms with E-state index in [1.54, 1.807) is 12.1 Å². The number of halogens is 2. The van der Waals surface area contributed by atoms with Crippen LogP contribution in [0.2, 0.25) is 5.02 Å². The van der Waals surface area contributed by atoms with Crippen LogP contribution in [0.4, 0.5) is 9.18 Å². The zero-order chi connectivity index (χ0) is 17.6. The summed E-state index contributed by atoms with van der Waals surface area (Å²) in [5.74, 6) is -0.186. The Bertz CT molecular complexity index is 530. The van der Waals surface area contributed by atoms with Crippen LogP contribution in [0.1, 0.15) is 40.2 Å². The maximum atomic E-state index is 13.1. The van der Waals surface area contributed by atoms with Crippen molar-refractivity contribution in [2.75, 3.05) is 6.54 Å². The van der Waals surface area contributed by atoms with Gasteiger partial charge in [0.2, 0.25) is 0 Å². The van der Waals surface area contributed by atoms with Crippen LogP contribution in [0.3, 0.4) is 0 Å². The summed E-state index contributed by atoms with van der Waals surface area (Å²) in [6, 6.07) is 4.55. The van der Waals surface area contributed by atoms with Crippen LogP contribution in [0.5, 0.6) is 0 Å². The Hall–Kier alpha value is -1.33. The van der Waals surface area contributed by atoms with Crippen molar-refractivity contribution in [1.82, 2.24) is 10.6 Å². The molecule has 0 bridgehead atoms. The lowest BCUT2D eigenvalue weighted by atomic mass is 10.0. The molecule has 1 aromatic rings. The number of hydrogen-bond donors (Lipinski definition) is 2. The van der Waals surface area contributed by atoms with Gasteiger partial charge in [-0.25, -0.2) is 9.18 Å². The number of benzene rings is 1. The van der Waals surface area contributed by atoms with Gasteiger partial charge in [-0.1, -0.05) is 31.5 Å². The van der Waals surface area contributed by atoms with Gasteiger partial charge in [0.15, 0.2) is 0 Å². The highest BCUT2D eigenvalue weighted by atomic mass is 35.5. The molecule has 0 fully saturated rings. The Morgan fingerprint density at radius 2 is 2.00 bits per heavy atom. The van der Waals surface area contributed by atoms with E-state index in [2.05, 4.69) is 10.6 Å². The lowest BCUT2D eigenvalue weighted by Crippen LogP contribution is -2.46. The highest BCUT2D eigenvalue weighted by Gasteiger charge is 2.21. The first-order chi connectivity index (χ1) is 10.6. The number of hydrogen-bond acceptors (Lipinski definition) is 3. The molecule has 4 nitrogen and oxygen atoms in total. The monoisotopic (exact) mass is 344 g/mol. The van der Waals surface area contributed by atoms with Crippen molar-refractivity contribution in [1.29, 1.82) is 0 Å². The number of ether oxygens (including phenoxy) is 1. The molecule has 0 aliphatic carbocycles. The Labute approximate surface area is 142 Å². The van der Waals surface area contributed by atoms with Gasteiger partial charge in [0, 0.05) is 19.1 Å². The zero-order valence-electron chi connectivity index (χ0n) is 14.4. The Balaban J connectivity index is 2.50.